The zero-order valence-corrected chi connectivity index (χ0v) is 17.8. The molecule has 0 radical (unpaired) electrons. The maximum Gasteiger partial charge on any atom is 0.303 e. The zero-order chi connectivity index (χ0) is 21.2. The first-order chi connectivity index (χ1) is 13.7. The van der Waals surface area contributed by atoms with Gasteiger partial charge in [0.15, 0.2) is 11.1 Å². The van der Waals surface area contributed by atoms with E-state index in [2.05, 4.69) is 9.84 Å². The standard InChI is InChI=1S/C19H16Cl2N2O5S/c1-12(24)28-11-29(25,26)15-6-3-13(4-7-15)17-10-19(21)22-23(17)14-5-8-16(20)18(9-14)27-2/h3-10H,11H2,1-2H3. The summed E-state index contributed by atoms with van der Waals surface area (Å²) in [5, 5.41) is 5.01. The lowest BCUT2D eigenvalue weighted by atomic mass is 10.1. The molecule has 29 heavy (non-hydrogen) atoms. The summed E-state index contributed by atoms with van der Waals surface area (Å²) in [4.78, 5) is 10.9. The first-order valence-electron chi connectivity index (χ1n) is 8.27. The molecule has 0 saturated carbocycles. The van der Waals surface area contributed by atoms with Gasteiger partial charge in [-0.3, -0.25) is 4.79 Å². The normalized spacial score (nSPS) is 11.3. The van der Waals surface area contributed by atoms with E-state index in [9.17, 15) is 13.2 Å². The Morgan fingerprint density at radius 2 is 1.79 bits per heavy atom. The van der Waals surface area contributed by atoms with Crippen LogP contribution in [0.3, 0.4) is 0 Å². The number of sulfone groups is 1. The molecule has 1 aromatic heterocycles. The van der Waals surface area contributed by atoms with Crippen LogP contribution in [0.25, 0.3) is 16.9 Å². The molecule has 1 heterocycles. The second kappa shape index (κ2) is 8.44. The van der Waals surface area contributed by atoms with Crippen molar-refractivity contribution in [2.75, 3.05) is 13.0 Å². The number of aromatic nitrogens is 2. The van der Waals surface area contributed by atoms with E-state index in [0.29, 0.717) is 27.7 Å². The molecule has 0 unspecified atom stereocenters. The van der Waals surface area contributed by atoms with E-state index in [1.165, 1.54) is 19.2 Å². The lowest BCUT2D eigenvalue weighted by Crippen LogP contribution is -2.12. The van der Waals surface area contributed by atoms with E-state index in [1.807, 2.05) is 0 Å². The predicted molar refractivity (Wildman–Crippen MR) is 109 cm³/mol. The first kappa shape index (κ1) is 21.2. The van der Waals surface area contributed by atoms with Crippen LogP contribution in [0.5, 0.6) is 5.75 Å². The van der Waals surface area contributed by atoms with Gasteiger partial charge in [-0.15, -0.1) is 0 Å². The monoisotopic (exact) mass is 454 g/mol. The molecule has 3 aromatic rings. The van der Waals surface area contributed by atoms with Gasteiger partial charge >= 0.3 is 5.97 Å². The molecule has 152 valence electrons. The van der Waals surface area contributed by atoms with Gasteiger partial charge < -0.3 is 9.47 Å². The second-order valence-corrected chi connectivity index (χ2v) is 8.71. The van der Waals surface area contributed by atoms with Crippen molar-refractivity contribution in [2.45, 2.75) is 11.8 Å². The average Bonchev–Trinajstić information content (AvgIpc) is 3.08. The minimum Gasteiger partial charge on any atom is -0.495 e. The minimum absolute atomic E-state index is 0.0350. The molecule has 0 aliphatic heterocycles. The molecule has 0 saturated heterocycles. The summed E-state index contributed by atoms with van der Waals surface area (Å²) in [5.41, 5.74) is 1.99. The highest BCUT2D eigenvalue weighted by Gasteiger charge is 2.18. The summed E-state index contributed by atoms with van der Waals surface area (Å²) in [6.07, 6.45) is 0. The van der Waals surface area contributed by atoms with E-state index in [4.69, 9.17) is 27.9 Å². The lowest BCUT2D eigenvalue weighted by molar-refractivity contribution is -0.138. The number of halogens is 2. The number of hydrogen-bond acceptors (Lipinski definition) is 6. The van der Waals surface area contributed by atoms with Crippen molar-refractivity contribution in [3.8, 4) is 22.7 Å². The van der Waals surface area contributed by atoms with Crippen molar-refractivity contribution < 1.29 is 22.7 Å². The van der Waals surface area contributed by atoms with Crippen LogP contribution in [0.15, 0.2) is 53.4 Å². The summed E-state index contributed by atoms with van der Waals surface area (Å²) in [6.45, 7) is 1.15. The van der Waals surface area contributed by atoms with E-state index < -0.39 is 21.7 Å². The van der Waals surface area contributed by atoms with Gasteiger partial charge in [-0.1, -0.05) is 35.3 Å². The highest BCUT2D eigenvalue weighted by atomic mass is 35.5. The fraction of sp³-hybridized carbons (Fsp3) is 0.158. The number of benzene rings is 2. The topological polar surface area (TPSA) is 87.5 Å². The number of carbonyl (C=O) groups is 1. The van der Waals surface area contributed by atoms with Crippen molar-refractivity contribution >= 4 is 39.0 Å². The fourth-order valence-corrected chi connectivity index (χ4v) is 3.98. The molecule has 7 nitrogen and oxygen atoms in total. The summed E-state index contributed by atoms with van der Waals surface area (Å²) >= 11 is 12.2. The highest BCUT2D eigenvalue weighted by Crippen LogP contribution is 2.31. The first-order valence-corrected chi connectivity index (χ1v) is 10.7. The van der Waals surface area contributed by atoms with Crippen LogP contribution >= 0.6 is 23.2 Å². The van der Waals surface area contributed by atoms with Crippen LogP contribution in [-0.4, -0.2) is 37.2 Å². The highest BCUT2D eigenvalue weighted by molar-refractivity contribution is 7.91. The molecule has 0 spiro atoms. The maximum absolute atomic E-state index is 12.2. The van der Waals surface area contributed by atoms with E-state index in [1.54, 1.807) is 41.1 Å². The smallest absolute Gasteiger partial charge is 0.303 e. The van der Waals surface area contributed by atoms with Gasteiger partial charge in [-0.05, 0) is 24.3 Å². The van der Waals surface area contributed by atoms with Crippen LogP contribution in [0.2, 0.25) is 10.2 Å². The summed E-state index contributed by atoms with van der Waals surface area (Å²) in [5.74, 6) is -0.897. The van der Waals surface area contributed by atoms with Crippen LogP contribution in [0, 0.1) is 0 Å². The van der Waals surface area contributed by atoms with Crippen LogP contribution in [-0.2, 0) is 19.4 Å². The Morgan fingerprint density at radius 3 is 2.41 bits per heavy atom. The second-order valence-electron chi connectivity index (χ2n) is 5.98. The quantitative estimate of drug-likeness (QED) is 0.519. The van der Waals surface area contributed by atoms with E-state index in [0.717, 1.165) is 6.92 Å². The van der Waals surface area contributed by atoms with Gasteiger partial charge in [0.2, 0.25) is 9.84 Å². The van der Waals surface area contributed by atoms with Gasteiger partial charge in [-0.2, -0.15) is 5.10 Å². The molecule has 0 aliphatic rings. The molecule has 0 fully saturated rings. The molecular formula is C19H16Cl2N2O5S. The predicted octanol–water partition coefficient (Wildman–Crippen LogP) is 4.15. The van der Waals surface area contributed by atoms with E-state index >= 15 is 0 Å². The number of carbonyl (C=O) groups excluding carboxylic acids is 1. The zero-order valence-electron chi connectivity index (χ0n) is 15.4. The van der Waals surface area contributed by atoms with Crippen molar-refractivity contribution in [2.24, 2.45) is 0 Å². The molecule has 0 aliphatic carbocycles. The van der Waals surface area contributed by atoms with Gasteiger partial charge in [0.25, 0.3) is 0 Å². The summed E-state index contributed by atoms with van der Waals surface area (Å²) in [7, 11) is -2.24. The van der Waals surface area contributed by atoms with E-state index in [-0.39, 0.29) is 10.0 Å². The Labute approximate surface area is 177 Å². The number of rotatable bonds is 6. The van der Waals surface area contributed by atoms with Gasteiger partial charge in [0.1, 0.15) is 5.75 Å². The average molecular weight is 455 g/mol. The molecule has 0 N–H and O–H groups in total. The lowest BCUT2D eigenvalue weighted by Gasteiger charge is -2.11. The van der Waals surface area contributed by atoms with Gasteiger partial charge in [0.05, 0.1) is 28.4 Å². The third kappa shape index (κ3) is 4.72. The molecule has 0 bridgehead atoms. The van der Waals surface area contributed by atoms with Crippen molar-refractivity contribution in [3.05, 3.63) is 58.7 Å². The van der Waals surface area contributed by atoms with Gasteiger partial charge in [0, 0.05) is 24.6 Å². The maximum atomic E-state index is 12.2. The molecule has 0 amide bonds. The van der Waals surface area contributed by atoms with Crippen LogP contribution in [0.4, 0.5) is 0 Å². The number of hydrogen-bond donors (Lipinski definition) is 0. The summed E-state index contributed by atoms with van der Waals surface area (Å²) < 4.78 is 35.9. The third-order valence-corrected chi connectivity index (χ3v) is 5.90. The Kier molecular flexibility index (Phi) is 6.16. The van der Waals surface area contributed by atoms with Crippen molar-refractivity contribution in [1.82, 2.24) is 9.78 Å². The molecule has 3 rings (SSSR count). The number of methoxy groups -OCH3 is 1. The molecular weight excluding hydrogens is 439 g/mol. The Morgan fingerprint density at radius 1 is 1.10 bits per heavy atom. The number of nitrogens with zero attached hydrogens (tertiary/aromatic N) is 2. The van der Waals surface area contributed by atoms with Crippen LogP contribution < -0.4 is 4.74 Å². The molecule has 0 atom stereocenters. The Bertz CT molecular complexity index is 1160. The fourth-order valence-electron chi connectivity index (χ4n) is 2.60. The molecule has 2 aromatic carbocycles. The Balaban J connectivity index is 1.97. The van der Waals surface area contributed by atoms with Crippen molar-refractivity contribution in [1.29, 1.82) is 0 Å². The molecule has 10 heteroatoms. The van der Waals surface area contributed by atoms with Gasteiger partial charge in [-0.25, -0.2) is 13.1 Å². The van der Waals surface area contributed by atoms with Crippen LogP contribution in [0.1, 0.15) is 6.92 Å². The number of ether oxygens (including phenoxy) is 2. The number of esters is 1. The summed E-state index contributed by atoms with van der Waals surface area (Å²) in [6, 6.07) is 12.9. The SMILES string of the molecule is COc1cc(-n2nc(Cl)cc2-c2ccc(S(=O)(=O)COC(C)=O)cc2)ccc1Cl. The van der Waals surface area contributed by atoms with Crippen molar-refractivity contribution in [3.63, 3.8) is 0 Å². The largest absolute Gasteiger partial charge is 0.495 e. The minimum atomic E-state index is -3.75. The Hall–Kier alpha value is -2.55. The third-order valence-electron chi connectivity index (χ3n) is 3.99.